The molecule has 9 heteroatoms. The van der Waals surface area contributed by atoms with Gasteiger partial charge in [-0.2, -0.15) is 24.9 Å². The summed E-state index contributed by atoms with van der Waals surface area (Å²) in [6, 6.07) is 4.96. The van der Waals surface area contributed by atoms with Gasteiger partial charge in [-0.3, -0.25) is 9.59 Å². The first kappa shape index (κ1) is 18.4. The van der Waals surface area contributed by atoms with Crippen LogP contribution in [0.3, 0.4) is 0 Å². The molecule has 0 spiro atoms. The molecule has 2 rings (SSSR count). The number of carboxylic acid groups (broad SMARTS) is 1. The summed E-state index contributed by atoms with van der Waals surface area (Å²) in [4.78, 5) is 24.9. The third-order valence-electron chi connectivity index (χ3n) is 3.40. The van der Waals surface area contributed by atoms with Gasteiger partial charge in [-0.05, 0) is 24.3 Å². The lowest BCUT2D eigenvalue weighted by Crippen LogP contribution is -2.47. The maximum atomic E-state index is 12.5. The number of hydrogen-bond donors (Lipinski definition) is 1. The van der Waals surface area contributed by atoms with E-state index in [-0.39, 0.29) is 23.6 Å². The maximum Gasteiger partial charge on any atom is 0.422 e. The van der Waals surface area contributed by atoms with E-state index in [1.807, 2.05) is 0 Å². The van der Waals surface area contributed by atoms with E-state index < -0.39 is 24.8 Å². The Morgan fingerprint density at radius 2 is 1.96 bits per heavy atom. The maximum absolute atomic E-state index is 12.5. The summed E-state index contributed by atoms with van der Waals surface area (Å²) < 4.78 is 40.9. The molecule has 0 bridgehead atoms. The lowest BCUT2D eigenvalue weighted by molar-refractivity contribution is -0.153. The van der Waals surface area contributed by atoms with Crippen LogP contribution in [0, 0.1) is 0 Å². The van der Waals surface area contributed by atoms with Crippen molar-refractivity contribution in [3.63, 3.8) is 0 Å². The minimum atomic E-state index is -4.43. The number of aliphatic carboxylic acids is 1. The average molecular weight is 363 g/mol. The second-order valence-corrected chi connectivity index (χ2v) is 6.40. The monoisotopic (exact) mass is 363 g/mol. The first-order chi connectivity index (χ1) is 11.3. The van der Waals surface area contributed by atoms with Crippen LogP contribution in [-0.2, 0) is 4.79 Å². The molecular formula is C15H16F3NO4S. The van der Waals surface area contributed by atoms with Crippen molar-refractivity contribution < 1.29 is 32.6 Å². The van der Waals surface area contributed by atoms with Gasteiger partial charge in [0.2, 0.25) is 0 Å². The van der Waals surface area contributed by atoms with Gasteiger partial charge in [0.25, 0.3) is 5.91 Å². The first-order valence-electron chi connectivity index (χ1n) is 7.16. The van der Waals surface area contributed by atoms with Crippen molar-refractivity contribution in [2.75, 3.05) is 24.7 Å². The number of nitrogens with zero attached hydrogens (tertiary/aromatic N) is 1. The minimum Gasteiger partial charge on any atom is -0.484 e. The molecule has 24 heavy (non-hydrogen) atoms. The minimum absolute atomic E-state index is 0.0140. The summed E-state index contributed by atoms with van der Waals surface area (Å²) in [5, 5.41) is 8.94. The summed E-state index contributed by atoms with van der Waals surface area (Å²) in [5.41, 5.74) is 0.289. The van der Waals surface area contributed by atoms with Crippen LogP contribution in [0.5, 0.6) is 5.75 Å². The quantitative estimate of drug-likeness (QED) is 0.871. The zero-order chi connectivity index (χ0) is 17.7. The van der Waals surface area contributed by atoms with E-state index in [0.29, 0.717) is 18.1 Å². The van der Waals surface area contributed by atoms with Crippen LogP contribution in [0.2, 0.25) is 0 Å². The number of carboxylic acids is 1. The van der Waals surface area contributed by atoms with Gasteiger partial charge >= 0.3 is 12.1 Å². The van der Waals surface area contributed by atoms with Crippen molar-refractivity contribution >= 4 is 23.6 Å². The fourth-order valence-electron chi connectivity index (χ4n) is 2.32. The molecule has 1 unspecified atom stereocenters. The zero-order valence-corrected chi connectivity index (χ0v) is 13.4. The highest BCUT2D eigenvalue weighted by molar-refractivity contribution is 7.99. The molecule has 0 saturated carbocycles. The van der Waals surface area contributed by atoms with E-state index in [1.54, 1.807) is 11.8 Å². The number of rotatable bonds is 5. The van der Waals surface area contributed by atoms with E-state index in [2.05, 4.69) is 4.74 Å². The van der Waals surface area contributed by atoms with Gasteiger partial charge in [0, 0.05) is 23.6 Å². The van der Waals surface area contributed by atoms with E-state index in [4.69, 9.17) is 5.11 Å². The second kappa shape index (κ2) is 7.78. The average Bonchev–Trinajstić information content (AvgIpc) is 2.52. The second-order valence-electron chi connectivity index (χ2n) is 5.25. The molecule has 1 amide bonds. The Morgan fingerprint density at radius 1 is 1.29 bits per heavy atom. The van der Waals surface area contributed by atoms with Gasteiger partial charge in [0.1, 0.15) is 5.75 Å². The molecule has 1 heterocycles. The van der Waals surface area contributed by atoms with Crippen molar-refractivity contribution in [2.24, 2.45) is 0 Å². The Bertz CT molecular complexity index is 591. The molecule has 132 valence electrons. The molecule has 1 N–H and O–H groups in total. The SMILES string of the molecule is O=C(O)CC1CSCCN1C(=O)c1ccc(OCC(F)(F)F)cc1. The summed E-state index contributed by atoms with van der Waals surface area (Å²) >= 11 is 1.59. The van der Waals surface area contributed by atoms with Gasteiger partial charge < -0.3 is 14.7 Å². The Hall–Kier alpha value is -1.90. The predicted octanol–water partition coefficient (Wildman–Crippen LogP) is 2.66. The number of benzene rings is 1. The van der Waals surface area contributed by atoms with Crippen LogP contribution in [0.25, 0.3) is 0 Å². The molecular weight excluding hydrogens is 347 g/mol. The topological polar surface area (TPSA) is 66.8 Å². The number of hydrogen-bond acceptors (Lipinski definition) is 4. The molecule has 5 nitrogen and oxygen atoms in total. The number of amides is 1. The van der Waals surface area contributed by atoms with Crippen molar-refractivity contribution in [2.45, 2.75) is 18.6 Å². The highest BCUT2D eigenvalue weighted by Crippen LogP contribution is 2.23. The van der Waals surface area contributed by atoms with Gasteiger partial charge in [0.15, 0.2) is 6.61 Å². The highest BCUT2D eigenvalue weighted by Gasteiger charge is 2.30. The van der Waals surface area contributed by atoms with Crippen molar-refractivity contribution in [1.29, 1.82) is 0 Å². The molecule has 1 fully saturated rings. The van der Waals surface area contributed by atoms with Crippen LogP contribution in [0.1, 0.15) is 16.8 Å². The summed E-state index contributed by atoms with van der Waals surface area (Å²) in [6.45, 7) is -0.960. The molecule has 1 aliphatic heterocycles. The van der Waals surface area contributed by atoms with E-state index in [0.717, 1.165) is 0 Å². The Kier molecular flexibility index (Phi) is 5.98. The molecule has 0 radical (unpaired) electrons. The van der Waals surface area contributed by atoms with Crippen LogP contribution < -0.4 is 4.74 Å². The lowest BCUT2D eigenvalue weighted by Gasteiger charge is -2.34. The first-order valence-corrected chi connectivity index (χ1v) is 8.32. The van der Waals surface area contributed by atoms with Crippen molar-refractivity contribution in [3.05, 3.63) is 29.8 Å². The highest BCUT2D eigenvalue weighted by atomic mass is 32.2. The summed E-state index contributed by atoms with van der Waals surface area (Å²) in [7, 11) is 0. The Balaban J connectivity index is 2.04. The fourth-order valence-corrected chi connectivity index (χ4v) is 3.38. The normalized spacial score (nSPS) is 18.3. The Labute approximate surface area is 140 Å². The third-order valence-corrected chi connectivity index (χ3v) is 4.49. The molecule has 1 atom stereocenters. The molecule has 0 aromatic heterocycles. The largest absolute Gasteiger partial charge is 0.484 e. The van der Waals surface area contributed by atoms with Crippen LogP contribution in [0.4, 0.5) is 13.2 Å². The molecule has 1 aromatic carbocycles. The van der Waals surface area contributed by atoms with Crippen LogP contribution >= 0.6 is 11.8 Å². The number of halogens is 3. The number of carbonyl (C=O) groups is 2. The van der Waals surface area contributed by atoms with Gasteiger partial charge in [-0.15, -0.1) is 0 Å². The van der Waals surface area contributed by atoms with E-state index in [1.165, 1.54) is 29.2 Å². The molecule has 1 aromatic rings. The number of thioether (sulfide) groups is 1. The molecule has 1 saturated heterocycles. The van der Waals surface area contributed by atoms with E-state index in [9.17, 15) is 22.8 Å². The van der Waals surface area contributed by atoms with Crippen molar-refractivity contribution in [3.8, 4) is 5.75 Å². The molecule has 0 aliphatic carbocycles. The zero-order valence-electron chi connectivity index (χ0n) is 12.6. The van der Waals surface area contributed by atoms with Crippen molar-refractivity contribution in [1.82, 2.24) is 4.90 Å². The van der Waals surface area contributed by atoms with E-state index >= 15 is 0 Å². The molecule has 1 aliphatic rings. The van der Waals surface area contributed by atoms with Gasteiger partial charge in [0.05, 0.1) is 12.5 Å². The van der Waals surface area contributed by atoms with Gasteiger partial charge in [-0.25, -0.2) is 0 Å². The summed E-state index contributed by atoms with van der Waals surface area (Å²) in [6.07, 6.45) is -4.56. The predicted molar refractivity (Wildman–Crippen MR) is 82.4 cm³/mol. The standard InChI is InChI=1S/C15H16F3NO4S/c16-15(17,18)9-23-12-3-1-10(2-4-12)14(22)19-5-6-24-8-11(19)7-13(20)21/h1-4,11H,5-9H2,(H,20,21). The third kappa shape index (κ3) is 5.33. The van der Waals surface area contributed by atoms with Crippen LogP contribution in [0.15, 0.2) is 24.3 Å². The van der Waals surface area contributed by atoms with Gasteiger partial charge in [-0.1, -0.05) is 0 Å². The Morgan fingerprint density at radius 3 is 2.54 bits per heavy atom. The lowest BCUT2D eigenvalue weighted by atomic mass is 10.1. The van der Waals surface area contributed by atoms with Crippen LogP contribution in [-0.4, -0.2) is 58.8 Å². The summed E-state index contributed by atoms with van der Waals surface area (Å²) in [5.74, 6) is -0.0281. The number of carbonyl (C=O) groups excluding carboxylic acids is 1. The number of ether oxygens (including phenoxy) is 1. The fraction of sp³-hybridized carbons (Fsp3) is 0.467. The number of alkyl halides is 3. The smallest absolute Gasteiger partial charge is 0.422 e.